The molecule has 0 radical (unpaired) electrons. The minimum absolute atomic E-state index is 0.0144. The van der Waals surface area contributed by atoms with Crippen molar-refractivity contribution in [3.63, 3.8) is 0 Å². The van der Waals surface area contributed by atoms with E-state index in [0.717, 1.165) is 0 Å². The fraction of sp³-hybridized carbons (Fsp3) is 0.286. The molecule has 0 bridgehead atoms. The first kappa shape index (κ1) is 20.5. The van der Waals surface area contributed by atoms with Crippen molar-refractivity contribution in [2.24, 2.45) is 0 Å². The van der Waals surface area contributed by atoms with Gasteiger partial charge in [-0.25, -0.2) is 4.85 Å². The topological polar surface area (TPSA) is 112 Å². The van der Waals surface area contributed by atoms with Crippen LogP contribution < -0.4 is 10.6 Å². The molecular formula is C21H21N3O5. The Morgan fingerprint density at radius 2 is 1.69 bits per heavy atom. The first-order valence-electron chi connectivity index (χ1n) is 9.04. The first-order chi connectivity index (χ1) is 13.9. The summed E-state index contributed by atoms with van der Waals surface area (Å²) in [5.74, 6) is -0.754. The lowest BCUT2D eigenvalue weighted by Crippen LogP contribution is -2.53. The van der Waals surface area contributed by atoms with Crippen LogP contribution in [0.1, 0.15) is 20.7 Å². The van der Waals surface area contributed by atoms with Crippen molar-refractivity contribution < 1.29 is 24.5 Å². The summed E-state index contributed by atoms with van der Waals surface area (Å²) in [6.45, 7) is 6.53. The van der Waals surface area contributed by atoms with E-state index in [0.29, 0.717) is 16.8 Å². The summed E-state index contributed by atoms with van der Waals surface area (Å²) in [6, 6.07) is 14.7. The maximum atomic E-state index is 12.2. The van der Waals surface area contributed by atoms with Crippen LogP contribution in [0.25, 0.3) is 4.85 Å². The average Bonchev–Trinajstić information content (AvgIpc) is 3.05. The largest absolute Gasteiger partial charge is 0.387 e. The molecule has 3 rings (SSSR count). The number of aliphatic hydroxyl groups excluding tert-OH is 1. The van der Waals surface area contributed by atoms with Gasteiger partial charge in [0.2, 0.25) is 0 Å². The summed E-state index contributed by atoms with van der Waals surface area (Å²) >= 11 is 0. The highest BCUT2D eigenvalue weighted by molar-refractivity contribution is 5.94. The van der Waals surface area contributed by atoms with Gasteiger partial charge in [-0.05, 0) is 12.1 Å². The van der Waals surface area contributed by atoms with Crippen LogP contribution in [0.2, 0.25) is 0 Å². The molecule has 0 spiro atoms. The van der Waals surface area contributed by atoms with E-state index in [9.17, 15) is 19.8 Å². The predicted molar refractivity (Wildman–Crippen MR) is 105 cm³/mol. The van der Waals surface area contributed by atoms with E-state index in [-0.39, 0.29) is 31.5 Å². The third-order valence-electron chi connectivity index (χ3n) is 4.76. The molecule has 0 aliphatic carbocycles. The van der Waals surface area contributed by atoms with Crippen LogP contribution in [0.4, 0.5) is 5.69 Å². The van der Waals surface area contributed by atoms with Gasteiger partial charge >= 0.3 is 0 Å². The third kappa shape index (κ3) is 4.78. The number of hydrogen-bond acceptors (Lipinski definition) is 5. The van der Waals surface area contributed by atoms with Crippen molar-refractivity contribution in [1.29, 1.82) is 0 Å². The number of hydrogen-bond donors (Lipinski definition) is 4. The normalized spacial score (nSPS) is 23.2. The summed E-state index contributed by atoms with van der Waals surface area (Å²) in [6.07, 6.45) is -2.11. The molecule has 2 aromatic carbocycles. The smallest absolute Gasteiger partial charge is 0.251 e. The molecular weight excluding hydrogens is 374 g/mol. The van der Waals surface area contributed by atoms with Gasteiger partial charge in [0.05, 0.1) is 19.7 Å². The van der Waals surface area contributed by atoms with Gasteiger partial charge in [-0.3, -0.25) is 9.59 Å². The number of carbonyl (C=O) groups excluding carboxylic acids is 2. The summed E-state index contributed by atoms with van der Waals surface area (Å²) < 4.78 is 5.44. The van der Waals surface area contributed by atoms with E-state index in [1.807, 2.05) is 0 Å². The number of nitrogens with zero attached hydrogens (tertiary/aromatic N) is 1. The highest BCUT2D eigenvalue weighted by Crippen LogP contribution is 2.24. The number of benzene rings is 2. The molecule has 3 atom stereocenters. The van der Waals surface area contributed by atoms with Gasteiger partial charge in [-0.2, -0.15) is 0 Å². The van der Waals surface area contributed by atoms with Gasteiger partial charge in [0.1, 0.15) is 17.8 Å². The van der Waals surface area contributed by atoms with Crippen molar-refractivity contribution in [2.45, 2.75) is 17.8 Å². The minimum atomic E-state index is -1.66. The molecule has 0 unspecified atom stereocenters. The molecule has 1 saturated heterocycles. The van der Waals surface area contributed by atoms with Crippen LogP contribution in [0, 0.1) is 6.57 Å². The fourth-order valence-corrected chi connectivity index (χ4v) is 3.01. The van der Waals surface area contributed by atoms with Gasteiger partial charge in [-0.15, -0.1) is 0 Å². The number of carbonyl (C=O) groups is 2. The maximum absolute atomic E-state index is 12.2. The highest BCUT2D eigenvalue weighted by Gasteiger charge is 2.48. The Morgan fingerprint density at radius 1 is 1.07 bits per heavy atom. The van der Waals surface area contributed by atoms with Gasteiger partial charge in [0.15, 0.2) is 5.69 Å². The molecule has 2 amide bonds. The highest BCUT2D eigenvalue weighted by atomic mass is 16.5. The number of rotatable bonds is 6. The number of ether oxygens (including phenoxy) is 1. The van der Waals surface area contributed by atoms with Crippen molar-refractivity contribution in [3.05, 3.63) is 77.1 Å². The molecule has 8 heteroatoms. The van der Waals surface area contributed by atoms with E-state index in [1.54, 1.807) is 30.3 Å². The summed E-state index contributed by atoms with van der Waals surface area (Å²) in [5, 5.41) is 26.3. The second-order valence-corrected chi connectivity index (χ2v) is 6.82. The van der Waals surface area contributed by atoms with Crippen LogP contribution in [-0.4, -0.2) is 59.5 Å². The van der Waals surface area contributed by atoms with Crippen LogP contribution in [0.3, 0.4) is 0 Å². The molecule has 29 heavy (non-hydrogen) atoms. The molecule has 0 aromatic heterocycles. The first-order valence-corrected chi connectivity index (χ1v) is 9.04. The third-order valence-corrected chi connectivity index (χ3v) is 4.76. The number of amides is 2. The Labute approximate surface area is 167 Å². The van der Waals surface area contributed by atoms with Crippen molar-refractivity contribution in [1.82, 2.24) is 10.6 Å². The van der Waals surface area contributed by atoms with Gasteiger partial charge < -0.3 is 25.6 Å². The average molecular weight is 395 g/mol. The lowest BCUT2D eigenvalue weighted by molar-refractivity contribution is -0.0464. The summed E-state index contributed by atoms with van der Waals surface area (Å²) in [7, 11) is 0. The molecule has 1 heterocycles. The van der Waals surface area contributed by atoms with Crippen molar-refractivity contribution >= 4 is 17.5 Å². The van der Waals surface area contributed by atoms with Crippen LogP contribution in [0.15, 0.2) is 54.6 Å². The van der Waals surface area contributed by atoms with Crippen molar-refractivity contribution in [3.8, 4) is 0 Å². The van der Waals surface area contributed by atoms with Crippen LogP contribution in [0.5, 0.6) is 0 Å². The lowest BCUT2D eigenvalue weighted by atomic mass is 9.96. The Kier molecular flexibility index (Phi) is 6.24. The van der Waals surface area contributed by atoms with Gasteiger partial charge in [-0.1, -0.05) is 42.5 Å². The number of aliphatic hydroxyl groups is 2. The van der Waals surface area contributed by atoms with Crippen LogP contribution in [-0.2, 0) is 4.74 Å². The molecule has 1 aliphatic rings. The zero-order valence-corrected chi connectivity index (χ0v) is 15.5. The Hall–Kier alpha value is -3.25. The van der Waals surface area contributed by atoms with Gasteiger partial charge in [0, 0.05) is 17.7 Å². The van der Waals surface area contributed by atoms with E-state index in [2.05, 4.69) is 15.5 Å². The predicted octanol–water partition coefficient (Wildman–Crippen LogP) is 0.888. The van der Waals surface area contributed by atoms with E-state index < -0.39 is 17.8 Å². The second-order valence-electron chi connectivity index (χ2n) is 6.82. The molecule has 1 aliphatic heterocycles. The van der Waals surface area contributed by atoms with E-state index in [1.165, 1.54) is 24.3 Å². The Balaban J connectivity index is 1.51. The van der Waals surface area contributed by atoms with Gasteiger partial charge in [0.25, 0.3) is 11.8 Å². The monoisotopic (exact) mass is 395 g/mol. The SMILES string of the molecule is [C-]#[N+]c1ccc(C(=O)NC[C@H]2OC[C@@](O)(CNC(=O)c3ccccc3)[C@@H]2O)cc1. The Morgan fingerprint density at radius 3 is 2.34 bits per heavy atom. The van der Waals surface area contributed by atoms with Crippen molar-refractivity contribution in [2.75, 3.05) is 19.7 Å². The molecule has 0 saturated carbocycles. The lowest BCUT2D eigenvalue weighted by Gasteiger charge is -2.26. The fourth-order valence-electron chi connectivity index (χ4n) is 3.01. The molecule has 150 valence electrons. The summed E-state index contributed by atoms with van der Waals surface area (Å²) in [4.78, 5) is 27.6. The zero-order valence-electron chi connectivity index (χ0n) is 15.5. The molecule has 1 fully saturated rings. The Bertz CT molecular complexity index is 910. The minimum Gasteiger partial charge on any atom is -0.387 e. The second kappa shape index (κ2) is 8.84. The van der Waals surface area contributed by atoms with Crippen LogP contribution >= 0.6 is 0 Å². The standard InChI is InChI=1S/C21H21N3O5/c1-22-16-9-7-15(8-10-16)19(26)23-11-17-18(25)21(28,13-29-17)12-24-20(27)14-5-3-2-4-6-14/h2-10,17-18,25,28H,11-13H2,(H,23,26)(H,24,27)/t17-,18-,21+/m1/s1. The van der Waals surface area contributed by atoms with E-state index >= 15 is 0 Å². The zero-order chi connectivity index (χ0) is 20.9. The molecule has 8 nitrogen and oxygen atoms in total. The quantitative estimate of drug-likeness (QED) is 0.543. The molecule has 2 aromatic rings. The summed E-state index contributed by atoms with van der Waals surface area (Å²) in [5.41, 5.74) is -0.413. The van der Waals surface area contributed by atoms with E-state index in [4.69, 9.17) is 11.3 Å². The number of nitrogens with one attached hydrogen (secondary N) is 2. The maximum Gasteiger partial charge on any atom is 0.251 e. The molecule has 4 N–H and O–H groups in total.